The van der Waals surface area contributed by atoms with Crippen LogP contribution < -0.4 is 11.5 Å². The normalized spacial score (nSPS) is 10.9. The predicted octanol–water partition coefficient (Wildman–Crippen LogP) is 3.18. The Morgan fingerprint density at radius 1 is 1.17 bits per heavy atom. The lowest BCUT2D eigenvalue weighted by Crippen LogP contribution is -1.93. The van der Waals surface area contributed by atoms with Crippen molar-refractivity contribution in [1.29, 1.82) is 0 Å². The summed E-state index contributed by atoms with van der Waals surface area (Å²) in [6.07, 6.45) is 0. The van der Waals surface area contributed by atoms with Crippen LogP contribution in [-0.4, -0.2) is 9.97 Å². The van der Waals surface area contributed by atoms with E-state index in [2.05, 4.69) is 9.97 Å². The molecule has 0 amide bonds. The van der Waals surface area contributed by atoms with Gasteiger partial charge in [-0.15, -0.1) is 11.3 Å². The summed E-state index contributed by atoms with van der Waals surface area (Å²) < 4.78 is 0.844. The van der Waals surface area contributed by atoms with Crippen LogP contribution in [-0.2, 0) is 0 Å². The highest BCUT2D eigenvalue weighted by molar-refractivity contribution is 7.18. The molecule has 2 aromatic heterocycles. The van der Waals surface area contributed by atoms with Gasteiger partial charge >= 0.3 is 0 Å². The first-order valence-electron chi connectivity index (χ1n) is 5.21. The molecule has 0 atom stereocenters. The van der Waals surface area contributed by atoms with Crippen molar-refractivity contribution in [2.24, 2.45) is 0 Å². The molecular weight excluding hydrogens is 268 g/mol. The van der Waals surface area contributed by atoms with Crippen LogP contribution in [0.1, 0.15) is 0 Å². The van der Waals surface area contributed by atoms with Gasteiger partial charge in [-0.3, -0.25) is 0 Å². The number of hydrogen-bond acceptors (Lipinski definition) is 5. The summed E-state index contributed by atoms with van der Waals surface area (Å²) in [7, 11) is 0. The predicted molar refractivity (Wildman–Crippen MR) is 76.7 cm³/mol. The van der Waals surface area contributed by atoms with E-state index < -0.39 is 0 Å². The molecule has 0 radical (unpaired) electrons. The van der Waals surface area contributed by atoms with Crippen molar-refractivity contribution in [2.75, 3.05) is 11.5 Å². The maximum absolute atomic E-state index is 5.85. The Kier molecular flexibility index (Phi) is 2.57. The molecular formula is C12H9ClN4S. The molecule has 0 aliphatic carbocycles. The van der Waals surface area contributed by atoms with Gasteiger partial charge in [-0.1, -0.05) is 12.1 Å². The summed E-state index contributed by atoms with van der Waals surface area (Å²) in [6, 6.07) is 7.62. The molecule has 90 valence electrons. The lowest BCUT2D eigenvalue weighted by molar-refractivity contribution is 1.24. The zero-order valence-electron chi connectivity index (χ0n) is 9.22. The van der Waals surface area contributed by atoms with Crippen LogP contribution in [0.4, 0.5) is 11.5 Å². The zero-order valence-corrected chi connectivity index (χ0v) is 10.8. The molecule has 0 aliphatic heterocycles. The number of halogens is 1. The number of fused-ring (bicyclic) bond motifs is 1. The summed E-state index contributed by atoms with van der Waals surface area (Å²) >= 11 is 7.35. The van der Waals surface area contributed by atoms with Gasteiger partial charge in [0.2, 0.25) is 5.28 Å². The zero-order chi connectivity index (χ0) is 12.7. The SMILES string of the molecule is Nc1cccc(-c2csc3c(N)nc(Cl)nc23)c1. The Bertz CT molecular complexity index is 738. The Balaban J connectivity index is 2.30. The van der Waals surface area contributed by atoms with Crippen LogP contribution in [0.3, 0.4) is 0 Å². The molecule has 0 unspecified atom stereocenters. The molecule has 4 N–H and O–H groups in total. The molecule has 18 heavy (non-hydrogen) atoms. The lowest BCUT2D eigenvalue weighted by Gasteiger charge is -2.01. The number of rotatable bonds is 1. The van der Waals surface area contributed by atoms with E-state index in [0.29, 0.717) is 11.5 Å². The fourth-order valence-corrected chi connectivity index (χ4v) is 2.92. The quantitative estimate of drug-likeness (QED) is 0.528. The standard InChI is InChI=1S/C12H9ClN4S/c13-12-16-9-8(5-18-10(9)11(15)17-12)6-2-1-3-7(14)4-6/h1-5H,14H2,(H2,15,16,17). The van der Waals surface area contributed by atoms with Gasteiger partial charge in [-0.25, -0.2) is 4.98 Å². The van der Waals surface area contributed by atoms with Gasteiger partial charge < -0.3 is 11.5 Å². The van der Waals surface area contributed by atoms with Crippen molar-refractivity contribution in [3.05, 3.63) is 34.9 Å². The molecule has 3 rings (SSSR count). The Morgan fingerprint density at radius 3 is 2.78 bits per heavy atom. The summed E-state index contributed by atoms with van der Waals surface area (Å²) in [4.78, 5) is 8.19. The first-order valence-corrected chi connectivity index (χ1v) is 6.47. The second kappa shape index (κ2) is 4.12. The highest BCUT2D eigenvalue weighted by atomic mass is 35.5. The molecule has 3 aromatic rings. The van der Waals surface area contributed by atoms with Crippen molar-refractivity contribution >= 4 is 44.7 Å². The smallest absolute Gasteiger partial charge is 0.224 e. The number of nitrogens with zero attached hydrogens (tertiary/aromatic N) is 2. The van der Waals surface area contributed by atoms with Gasteiger partial charge in [0, 0.05) is 16.6 Å². The van der Waals surface area contributed by atoms with Crippen LogP contribution in [0.2, 0.25) is 5.28 Å². The van der Waals surface area contributed by atoms with Crippen molar-refractivity contribution in [3.63, 3.8) is 0 Å². The fraction of sp³-hybridized carbons (Fsp3) is 0. The Morgan fingerprint density at radius 2 is 2.00 bits per heavy atom. The van der Waals surface area contributed by atoms with Gasteiger partial charge in [0.1, 0.15) is 5.82 Å². The van der Waals surface area contributed by atoms with E-state index in [1.54, 1.807) is 0 Å². The number of benzene rings is 1. The second-order valence-corrected chi connectivity index (χ2v) is 5.05. The topological polar surface area (TPSA) is 77.8 Å². The molecule has 0 bridgehead atoms. The van der Waals surface area contributed by atoms with Crippen molar-refractivity contribution in [3.8, 4) is 11.1 Å². The molecule has 0 saturated carbocycles. The van der Waals surface area contributed by atoms with E-state index in [1.807, 2.05) is 29.6 Å². The van der Waals surface area contributed by atoms with E-state index in [-0.39, 0.29) is 5.28 Å². The van der Waals surface area contributed by atoms with Crippen LogP contribution in [0.25, 0.3) is 21.3 Å². The van der Waals surface area contributed by atoms with Gasteiger partial charge in [0.05, 0.1) is 10.2 Å². The molecule has 4 nitrogen and oxygen atoms in total. The number of nitrogens with two attached hydrogens (primary N) is 2. The molecule has 2 heterocycles. The van der Waals surface area contributed by atoms with Crippen LogP contribution >= 0.6 is 22.9 Å². The van der Waals surface area contributed by atoms with Crippen LogP contribution in [0.15, 0.2) is 29.6 Å². The third-order valence-electron chi connectivity index (χ3n) is 2.61. The molecule has 1 aromatic carbocycles. The largest absolute Gasteiger partial charge is 0.399 e. The summed E-state index contributed by atoms with van der Waals surface area (Å²) in [6.45, 7) is 0. The number of hydrogen-bond donors (Lipinski definition) is 2. The van der Waals surface area contributed by atoms with Crippen LogP contribution in [0, 0.1) is 0 Å². The van der Waals surface area contributed by atoms with E-state index in [0.717, 1.165) is 21.3 Å². The summed E-state index contributed by atoms with van der Waals surface area (Å²) in [5.41, 5.74) is 15.1. The first-order chi connectivity index (χ1) is 8.65. The minimum absolute atomic E-state index is 0.156. The molecule has 0 aliphatic rings. The highest BCUT2D eigenvalue weighted by Gasteiger charge is 2.12. The highest BCUT2D eigenvalue weighted by Crippen LogP contribution is 2.36. The van der Waals surface area contributed by atoms with E-state index >= 15 is 0 Å². The minimum Gasteiger partial charge on any atom is -0.399 e. The van der Waals surface area contributed by atoms with Crippen molar-refractivity contribution < 1.29 is 0 Å². The molecule has 0 saturated heterocycles. The number of nitrogen functional groups attached to an aromatic ring is 2. The van der Waals surface area contributed by atoms with E-state index in [1.165, 1.54) is 11.3 Å². The maximum Gasteiger partial charge on any atom is 0.224 e. The second-order valence-electron chi connectivity index (χ2n) is 3.83. The van der Waals surface area contributed by atoms with Gasteiger partial charge in [0.25, 0.3) is 0 Å². The number of thiophene rings is 1. The van der Waals surface area contributed by atoms with Gasteiger partial charge in [-0.2, -0.15) is 4.98 Å². The maximum atomic E-state index is 5.85. The summed E-state index contributed by atoms with van der Waals surface area (Å²) in [5.74, 6) is 0.408. The molecule has 0 fully saturated rings. The summed E-state index contributed by atoms with van der Waals surface area (Å²) in [5, 5.41) is 2.14. The number of aromatic nitrogens is 2. The Hall–Kier alpha value is -1.85. The van der Waals surface area contributed by atoms with Crippen molar-refractivity contribution in [1.82, 2.24) is 9.97 Å². The average molecular weight is 277 g/mol. The third-order valence-corrected chi connectivity index (χ3v) is 3.77. The van der Waals surface area contributed by atoms with E-state index in [4.69, 9.17) is 23.1 Å². The molecule has 0 spiro atoms. The number of anilines is 2. The fourth-order valence-electron chi connectivity index (χ4n) is 1.82. The lowest BCUT2D eigenvalue weighted by atomic mass is 10.1. The Labute approximate surface area is 112 Å². The van der Waals surface area contributed by atoms with Gasteiger partial charge in [0.15, 0.2) is 0 Å². The average Bonchev–Trinajstić information content (AvgIpc) is 2.72. The molecule has 6 heteroatoms. The van der Waals surface area contributed by atoms with Crippen molar-refractivity contribution in [2.45, 2.75) is 0 Å². The third kappa shape index (κ3) is 1.77. The monoisotopic (exact) mass is 276 g/mol. The minimum atomic E-state index is 0.156. The van der Waals surface area contributed by atoms with Crippen LogP contribution in [0.5, 0.6) is 0 Å². The van der Waals surface area contributed by atoms with Gasteiger partial charge in [-0.05, 0) is 29.3 Å². The van der Waals surface area contributed by atoms with E-state index in [9.17, 15) is 0 Å². The first kappa shape index (κ1) is 11.3.